The highest BCUT2D eigenvalue weighted by atomic mass is 16.6. The minimum Gasteiger partial charge on any atom is -0.478 e. The van der Waals surface area contributed by atoms with E-state index in [1.165, 1.54) is 6.07 Å². The number of hydrogen-bond acceptors (Lipinski definition) is 5. The van der Waals surface area contributed by atoms with Gasteiger partial charge in [-0.05, 0) is 26.0 Å². The second kappa shape index (κ2) is 5.56. The number of benzene rings is 1. The van der Waals surface area contributed by atoms with Gasteiger partial charge in [-0.25, -0.2) is 9.59 Å². The monoisotopic (exact) mass is 262 g/mol. The minimum atomic E-state index is -0.787. The van der Waals surface area contributed by atoms with Crippen molar-refractivity contribution in [3.05, 3.63) is 40.8 Å². The fourth-order valence-electron chi connectivity index (χ4n) is 1.68. The van der Waals surface area contributed by atoms with Crippen LogP contribution in [0.25, 0.3) is 11.0 Å². The average molecular weight is 262 g/mol. The van der Waals surface area contributed by atoms with Crippen LogP contribution in [0.15, 0.2) is 39.5 Å². The van der Waals surface area contributed by atoms with Crippen molar-refractivity contribution >= 4 is 16.9 Å². The Labute approximate surface area is 109 Å². The van der Waals surface area contributed by atoms with E-state index in [1.807, 2.05) is 0 Å². The third-order valence-corrected chi connectivity index (χ3v) is 2.53. The lowest BCUT2D eigenvalue weighted by molar-refractivity contribution is -0.150. The summed E-state index contributed by atoms with van der Waals surface area (Å²) < 4.78 is 15.4. The quantitative estimate of drug-likeness (QED) is 0.623. The van der Waals surface area contributed by atoms with E-state index in [1.54, 1.807) is 38.1 Å². The molecule has 1 aromatic heterocycles. The summed E-state index contributed by atoms with van der Waals surface area (Å²) in [5, 5.41) is 0.637. The topological polar surface area (TPSA) is 65.7 Å². The maximum absolute atomic E-state index is 11.5. The van der Waals surface area contributed by atoms with Crippen molar-refractivity contribution in [2.24, 2.45) is 0 Å². The molecule has 5 nitrogen and oxygen atoms in total. The molecule has 1 aromatic carbocycles. The molecule has 0 fully saturated rings. The third kappa shape index (κ3) is 2.93. The van der Waals surface area contributed by atoms with Crippen LogP contribution in [0.2, 0.25) is 0 Å². The van der Waals surface area contributed by atoms with Crippen molar-refractivity contribution in [2.75, 3.05) is 6.61 Å². The van der Waals surface area contributed by atoms with Gasteiger partial charge >= 0.3 is 11.6 Å². The van der Waals surface area contributed by atoms with Crippen LogP contribution in [0.5, 0.6) is 5.75 Å². The molecular weight excluding hydrogens is 248 g/mol. The molecule has 0 spiro atoms. The summed E-state index contributed by atoms with van der Waals surface area (Å²) in [5.74, 6) is -0.160. The molecule has 19 heavy (non-hydrogen) atoms. The molecule has 1 heterocycles. The number of hydrogen-bond donors (Lipinski definition) is 0. The first-order valence-corrected chi connectivity index (χ1v) is 5.98. The van der Waals surface area contributed by atoms with Crippen LogP contribution in [0, 0.1) is 0 Å². The molecular formula is C14H14O5. The van der Waals surface area contributed by atoms with Crippen molar-refractivity contribution in [1.29, 1.82) is 0 Å². The lowest BCUT2D eigenvalue weighted by Crippen LogP contribution is -2.26. The van der Waals surface area contributed by atoms with Crippen molar-refractivity contribution < 1.29 is 18.7 Å². The Kier molecular flexibility index (Phi) is 3.85. The van der Waals surface area contributed by atoms with Crippen LogP contribution < -0.4 is 10.4 Å². The molecule has 2 rings (SSSR count). The van der Waals surface area contributed by atoms with Gasteiger partial charge < -0.3 is 13.9 Å². The van der Waals surface area contributed by atoms with Gasteiger partial charge in [0.2, 0.25) is 0 Å². The van der Waals surface area contributed by atoms with Crippen LogP contribution >= 0.6 is 0 Å². The predicted molar refractivity (Wildman–Crippen MR) is 69.2 cm³/mol. The Morgan fingerprint density at radius 2 is 2.11 bits per heavy atom. The van der Waals surface area contributed by atoms with Gasteiger partial charge in [-0.15, -0.1) is 0 Å². The predicted octanol–water partition coefficient (Wildman–Crippen LogP) is 2.12. The van der Waals surface area contributed by atoms with Crippen molar-refractivity contribution in [3.8, 4) is 5.75 Å². The SMILES string of the molecule is CCOC(=O)C(C)Oc1cc(=O)oc2ccccc12. The van der Waals surface area contributed by atoms with Crippen LogP contribution in [0.3, 0.4) is 0 Å². The number of rotatable bonds is 4. The highest BCUT2D eigenvalue weighted by Crippen LogP contribution is 2.24. The lowest BCUT2D eigenvalue weighted by Gasteiger charge is -2.14. The first kappa shape index (κ1) is 13.1. The summed E-state index contributed by atoms with van der Waals surface area (Å²) in [6, 6.07) is 8.19. The molecule has 0 aliphatic heterocycles. The molecule has 0 saturated heterocycles. The molecule has 2 aromatic rings. The summed E-state index contributed by atoms with van der Waals surface area (Å²) in [6.45, 7) is 3.57. The molecule has 0 amide bonds. The molecule has 1 atom stereocenters. The van der Waals surface area contributed by atoms with Gasteiger partial charge in [0.1, 0.15) is 11.3 Å². The van der Waals surface area contributed by atoms with Gasteiger partial charge in [-0.2, -0.15) is 0 Å². The van der Waals surface area contributed by atoms with E-state index < -0.39 is 17.7 Å². The van der Waals surface area contributed by atoms with E-state index in [0.717, 1.165) is 0 Å². The zero-order valence-corrected chi connectivity index (χ0v) is 10.7. The smallest absolute Gasteiger partial charge is 0.347 e. The van der Waals surface area contributed by atoms with Gasteiger partial charge in [0.25, 0.3) is 0 Å². The Bertz CT molecular complexity index is 644. The number of para-hydroxylation sites is 1. The number of ether oxygens (including phenoxy) is 2. The summed E-state index contributed by atoms with van der Waals surface area (Å²) in [5.41, 5.74) is -0.106. The van der Waals surface area contributed by atoms with E-state index in [-0.39, 0.29) is 6.61 Å². The van der Waals surface area contributed by atoms with Crippen LogP contribution in [-0.2, 0) is 9.53 Å². The molecule has 0 aliphatic rings. The second-order valence-electron chi connectivity index (χ2n) is 3.94. The average Bonchev–Trinajstić information content (AvgIpc) is 2.38. The molecule has 100 valence electrons. The highest BCUT2D eigenvalue weighted by molar-refractivity contribution is 5.83. The van der Waals surface area contributed by atoms with E-state index in [0.29, 0.717) is 16.7 Å². The Morgan fingerprint density at radius 3 is 2.84 bits per heavy atom. The summed E-state index contributed by atoms with van der Waals surface area (Å²) >= 11 is 0. The summed E-state index contributed by atoms with van der Waals surface area (Å²) in [7, 11) is 0. The van der Waals surface area contributed by atoms with E-state index in [4.69, 9.17) is 13.9 Å². The normalized spacial score (nSPS) is 12.1. The van der Waals surface area contributed by atoms with Crippen LogP contribution in [0.1, 0.15) is 13.8 Å². The largest absolute Gasteiger partial charge is 0.478 e. The van der Waals surface area contributed by atoms with Gasteiger partial charge in [0.15, 0.2) is 6.10 Å². The highest BCUT2D eigenvalue weighted by Gasteiger charge is 2.17. The summed E-state index contributed by atoms with van der Waals surface area (Å²) in [4.78, 5) is 22.9. The Morgan fingerprint density at radius 1 is 1.37 bits per heavy atom. The first-order chi connectivity index (χ1) is 9.11. The lowest BCUT2D eigenvalue weighted by atomic mass is 10.2. The fraction of sp³-hybridized carbons (Fsp3) is 0.286. The Hall–Kier alpha value is -2.30. The number of fused-ring (bicyclic) bond motifs is 1. The van der Waals surface area contributed by atoms with Gasteiger partial charge in [-0.3, -0.25) is 0 Å². The molecule has 5 heteroatoms. The maximum atomic E-state index is 11.5. The maximum Gasteiger partial charge on any atom is 0.347 e. The molecule has 0 saturated carbocycles. The van der Waals surface area contributed by atoms with Crippen molar-refractivity contribution in [3.63, 3.8) is 0 Å². The summed E-state index contributed by atoms with van der Waals surface area (Å²) in [6.07, 6.45) is -0.787. The standard InChI is InChI=1S/C14H14O5/c1-3-17-14(16)9(2)18-12-8-13(15)19-11-7-5-4-6-10(11)12/h4-9H,3H2,1-2H3. The molecule has 0 aliphatic carbocycles. The molecule has 0 N–H and O–H groups in total. The van der Waals surface area contributed by atoms with E-state index in [9.17, 15) is 9.59 Å². The number of esters is 1. The van der Waals surface area contributed by atoms with Crippen LogP contribution in [0.4, 0.5) is 0 Å². The third-order valence-electron chi connectivity index (χ3n) is 2.53. The second-order valence-corrected chi connectivity index (χ2v) is 3.94. The van der Waals surface area contributed by atoms with E-state index >= 15 is 0 Å². The van der Waals surface area contributed by atoms with Gasteiger partial charge in [-0.1, -0.05) is 12.1 Å². The first-order valence-electron chi connectivity index (χ1n) is 5.98. The number of carbonyl (C=O) groups excluding carboxylic acids is 1. The molecule has 1 unspecified atom stereocenters. The van der Waals surface area contributed by atoms with E-state index in [2.05, 4.69) is 0 Å². The fourth-order valence-corrected chi connectivity index (χ4v) is 1.68. The van der Waals surface area contributed by atoms with Gasteiger partial charge in [0, 0.05) is 0 Å². The minimum absolute atomic E-state index is 0.282. The zero-order chi connectivity index (χ0) is 13.8. The molecule has 0 radical (unpaired) electrons. The van der Waals surface area contributed by atoms with Crippen LogP contribution in [-0.4, -0.2) is 18.7 Å². The van der Waals surface area contributed by atoms with Gasteiger partial charge in [0.05, 0.1) is 18.1 Å². The van der Waals surface area contributed by atoms with Crippen molar-refractivity contribution in [1.82, 2.24) is 0 Å². The van der Waals surface area contributed by atoms with Crippen molar-refractivity contribution in [2.45, 2.75) is 20.0 Å². The zero-order valence-electron chi connectivity index (χ0n) is 10.7. The Balaban J connectivity index is 2.34. The number of carbonyl (C=O) groups is 1. The molecule has 0 bridgehead atoms.